The zero-order valence-corrected chi connectivity index (χ0v) is 26.1. The fraction of sp³-hybridized carbons (Fsp3) is 0.514. The lowest BCUT2D eigenvalue weighted by molar-refractivity contribution is -0.136. The number of nitrogens with zero attached hydrogens (tertiary/aromatic N) is 3. The molecule has 1 aromatic heterocycles. The Bertz CT molecular complexity index is 1230. The van der Waals surface area contributed by atoms with E-state index >= 15 is 0 Å². The molecule has 3 aromatic rings. The maximum atomic E-state index is 14.2. The zero-order chi connectivity index (χ0) is 29.7. The Kier molecular flexibility index (Phi) is 12.3. The molecule has 2 amide bonds. The van der Waals surface area contributed by atoms with Crippen LogP contribution in [0, 0.1) is 0 Å². The topological polar surface area (TPSA) is 45.6 Å². The van der Waals surface area contributed by atoms with Gasteiger partial charge in [-0.05, 0) is 74.4 Å². The minimum Gasteiger partial charge on any atom is -0.345 e. The fourth-order valence-electron chi connectivity index (χ4n) is 6.14. The van der Waals surface area contributed by atoms with Crippen molar-refractivity contribution in [3.05, 3.63) is 95.3 Å². The van der Waals surface area contributed by atoms with Crippen molar-refractivity contribution in [2.24, 2.45) is 0 Å². The number of aromatic nitrogens is 1. The van der Waals surface area contributed by atoms with Crippen LogP contribution in [0.4, 0.5) is 0 Å². The average molecular weight is 570 g/mol. The van der Waals surface area contributed by atoms with Crippen molar-refractivity contribution in [3.63, 3.8) is 0 Å². The van der Waals surface area contributed by atoms with Crippen LogP contribution in [0.3, 0.4) is 0 Å². The molecule has 1 heterocycles. The minimum atomic E-state index is -0.0497. The Hall–Kier alpha value is -3.34. The largest absolute Gasteiger partial charge is 0.345 e. The van der Waals surface area contributed by atoms with Gasteiger partial charge in [-0.2, -0.15) is 0 Å². The molecule has 42 heavy (non-hydrogen) atoms. The van der Waals surface area contributed by atoms with Crippen LogP contribution in [0.15, 0.2) is 72.9 Å². The summed E-state index contributed by atoms with van der Waals surface area (Å²) in [6, 6.07) is 22.9. The first-order valence-corrected chi connectivity index (χ1v) is 16.4. The molecule has 5 heteroatoms. The Balaban J connectivity index is 1.49. The smallest absolute Gasteiger partial charge is 0.254 e. The van der Waals surface area contributed by atoms with Crippen LogP contribution < -0.4 is 0 Å². The van der Waals surface area contributed by atoms with Gasteiger partial charge in [-0.15, -0.1) is 0 Å². The second-order valence-electron chi connectivity index (χ2n) is 12.1. The van der Waals surface area contributed by atoms with Crippen LogP contribution in [0.2, 0.25) is 0 Å². The van der Waals surface area contributed by atoms with E-state index in [1.165, 1.54) is 43.2 Å². The van der Waals surface area contributed by atoms with Gasteiger partial charge in [0, 0.05) is 36.1 Å². The highest BCUT2D eigenvalue weighted by Gasteiger charge is 2.30. The summed E-state index contributed by atoms with van der Waals surface area (Å²) in [4.78, 5) is 31.9. The van der Waals surface area contributed by atoms with Crippen molar-refractivity contribution in [2.45, 2.75) is 117 Å². The third-order valence-corrected chi connectivity index (χ3v) is 9.00. The van der Waals surface area contributed by atoms with E-state index in [1.807, 2.05) is 18.2 Å². The van der Waals surface area contributed by atoms with Crippen LogP contribution in [-0.2, 0) is 24.3 Å². The minimum absolute atomic E-state index is 0.0229. The van der Waals surface area contributed by atoms with Crippen molar-refractivity contribution >= 4 is 11.8 Å². The average Bonchev–Trinajstić information content (AvgIpc) is 3.47. The SMILES string of the molecule is CCCCCCc1ccc(C(=O)N(CC(=O)N(Cc2cccn2Cc2ccccc2)C2CCCCC2)C(C)CC)cc1. The molecular formula is C37H51N3O2. The molecular weight excluding hydrogens is 518 g/mol. The Morgan fingerprint density at radius 2 is 1.60 bits per heavy atom. The number of aryl methyl sites for hydroxylation is 1. The number of benzene rings is 2. The van der Waals surface area contributed by atoms with Gasteiger partial charge in [0.1, 0.15) is 6.54 Å². The molecule has 0 spiro atoms. The molecule has 1 atom stereocenters. The van der Waals surface area contributed by atoms with Crippen molar-refractivity contribution in [2.75, 3.05) is 6.54 Å². The molecule has 5 nitrogen and oxygen atoms in total. The summed E-state index contributed by atoms with van der Waals surface area (Å²) in [5.74, 6) is 0.00170. The van der Waals surface area contributed by atoms with E-state index in [-0.39, 0.29) is 30.4 Å². The molecule has 0 saturated heterocycles. The first-order valence-electron chi connectivity index (χ1n) is 16.4. The number of unbranched alkanes of at least 4 members (excludes halogenated alkanes) is 3. The number of hydrogen-bond acceptors (Lipinski definition) is 2. The molecule has 1 aliphatic carbocycles. The third-order valence-electron chi connectivity index (χ3n) is 9.00. The van der Waals surface area contributed by atoms with Crippen molar-refractivity contribution in [3.8, 4) is 0 Å². The van der Waals surface area contributed by atoms with E-state index in [9.17, 15) is 9.59 Å². The van der Waals surface area contributed by atoms with Crippen molar-refractivity contribution in [1.29, 1.82) is 0 Å². The number of rotatable bonds is 15. The van der Waals surface area contributed by atoms with E-state index in [4.69, 9.17) is 0 Å². The molecule has 0 aliphatic heterocycles. The van der Waals surface area contributed by atoms with Gasteiger partial charge < -0.3 is 14.4 Å². The predicted molar refractivity (Wildman–Crippen MR) is 172 cm³/mol. The summed E-state index contributed by atoms with van der Waals surface area (Å²) in [7, 11) is 0. The van der Waals surface area contributed by atoms with Crippen LogP contribution in [0.25, 0.3) is 0 Å². The summed E-state index contributed by atoms with van der Waals surface area (Å²) < 4.78 is 2.25. The van der Waals surface area contributed by atoms with E-state index in [1.54, 1.807) is 4.90 Å². The summed E-state index contributed by atoms with van der Waals surface area (Å²) in [5.41, 5.74) is 4.32. The van der Waals surface area contributed by atoms with E-state index < -0.39 is 0 Å². The molecule has 0 bridgehead atoms. The summed E-state index contributed by atoms with van der Waals surface area (Å²) in [5, 5.41) is 0. The Morgan fingerprint density at radius 3 is 2.29 bits per heavy atom. The normalized spacial score (nSPS) is 14.5. The van der Waals surface area contributed by atoms with Gasteiger partial charge in [0.15, 0.2) is 0 Å². The van der Waals surface area contributed by atoms with Gasteiger partial charge in [0.25, 0.3) is 5.91 Å². The van der Waals surface area contributed by atoms with Crippen LogP contribution in [0.1, 0.15) is 112 Å². The molecule has 226 valence electrons. The summed E-state index contributed by atoms with van der Waals surface area (Å²) in [6.07, 6.45) is 14.5. The molecule has 0 radical (unpaired) electrons. The lowest BCUT2D eigenvalue weighted by Crippen LogP contribution is -2.49. The molecule has 1 aliphatic rings. The van der Waals surface area contributed by atoms with Gasteiger partial charge >= 0.3 is 0 Å². The van der Waals surface area contributed by atoms with Crippen LogP contribution in [-0.4, -0.2) is 44.8 Å². The monoisotopic (exact) mass is 569 g/mol. The lowest BCUT2D eigenvalue weighted by Gasteiger charge is -2.37. The number of carbonyl (C=O) groups excluding carboxylic acids is 2. The number of amides is 2. The standard InChI is InChI=1S/C37H51N3O2/c1-4-6-7-10-16-31-22-24-33(25-23-31)37(42)39(30(3)5-2)29-36(41)40(34-19-13-9-14-20-34)28-35-21-15-26-38(35)27-32-17-11-8-12-18-32/h8,11-12,15,17-18,21-26,30,34H,4-7,9-10,13-14,16,19-20,27-29H2,1-3H3. The lowest BCUT2D eigenvalue weighted by atomic mass is 9.94. The number of carbonyl (C=O) groups is 2. The third kappa shape index (κ3) is 8.83. The highest BCUT2D eigenvalue weighted by atomic mass is 16.2. The molecule has 2 aromatic carbocycles. The van der Waals surface area contributed by atoms with E-state index in [2.05, 4.69) is 85.0 Å². The second-order valence-corrected chi connectivity index (χ2v) is 12.1. The van der Waals surface area contributed by atoms with Crippen LogP contribution in [0.5, 0.6) is 0 Å². The van der Waals surface area contributed by atoms with Gasteiger partial charge in [0.05, 0.1) is 6.54 Å². The van der Waals surface area contributed by atoms with Gasteiger partial charge in [0.2, 0.25) is 5.91 Å². The summed E-state index contributed by atoms with van der Waals surface area (Å²) >= 11 is 0. The molecule has 4 rings (SSSR count). The molecule has 1 saturated carbocycles. The highest BCUT2D eigenvalue weighted by Crippen LogP contribution is 2.26. The predicted octanol–water partition coefficient (Wildman–Crippen LogP) is 8.26. The van der Waals surface area contributed by atoms with E-state index in [0.717, 1.165) is 50.8 Å². The Labute approximate surface area is 253 Å². The van der Waals surface area contributed by atoms with Gasteiger partial charge in [-0.1, -0.05) is 94.8 Å². The van der Waals surface area contributed by atoms with Crippen LogP contribution >= 0.6 is 0 Å². The quantitative estimate of drug-likeness (QED) is 0.173. The molecule has 1 unspecified atom stereocenters. The maximum Gasteiger partial charge on any atom is 0.254 e. The first-order chi connectivity index (χ1) is 20.5. The summed E-state index contributed by atoms with van der Waals surface area (Å²) in [6.45, 7) is 7.84. The Morgan fingerprint density at radius 1 is 0.857 bits per heavy atom. The fourth-order valence-corrected chi connectivity index (χ4v) is 6.14. The van der Waals surface area contributed by atoms with E-state index in [0.29, 0.717) is 12.1 Å². The van der Waals surface area contributed by atoms with Crippen molar-refractivity contribution in [1.82, 2.24) is 14.4 Å². The second kappa shape index (κ2) is 16.3. The van der Waals surface area contributed by atoms with Gasteiger partial charge in [-0.25, -0.2) is 0 Å². The highest BCUT2D eigenvalue weighted by molar-refractivity contribution is 5.96. The molecule has 1 fully saturated rings. The van der Waals surface area contributed by atoms with Gasteiger partial charge in [-0.3, -0.25) is 9.59 Å². The maximum absolute atomic E-state index is 14.2. The first kappa shape index (κ1) is 31.6. The molecule has 0 N–H and O–H groups in total. The van der Waals surface area contributed by atoms with Crippen molar-refractivity contribution < 1.29 is 9.59 Å². The number of hydrogen-bond donors (Lipinski definition) is 0. The zero-order valence-electron chi connectivity index (χ0n) is 26.1.